The van der Waals surface area contributed by atoms with Gasteiger partial charge < -0.3 is 20.1 Å². The lowest BCUT2D eigenvalue weighted by molar-refractivity contribution is 0.415. The molecule has 0 amide bonds. The van der Waals surface area contributed by atoms with E-state index in [1.807, 2.05) is 36.4 Å². The Labute approximate surface area is 112 Å². The van der Waals surface area contributed by atoms with Crippen molar-refractivity contribution in [1.82, 2.24) is 0 Å². The molecule has 0 atom stereocenters. The number of hydrogen-bond acceptors (Lipinski definition) is 4. The first kappa shape index (κ1) is 13.5. The average Bonchev–Trinajstić information content (AvgIpc) is 2.46. The Morgan fingerprint density at radius 3 is 2.37 bits per heavy atom. The molecule has 2 aromatic carbocycles. The van der Waals surface area contributed by atoms with Gasteiger partial charge in [0.25, 0.3) is 0 Å². The Bertz CT molecular complexity index is 528. The van der Waals surface area contributed by atoms with Crippen LogP contribution in [0.5, 0.6) is 5.75 Å². The topological polar surface area (TPSA) is 61.7 Å². The normalized spacial score (nSPS) is 10.1. The molecule has 0 bridgehead atoms. The maximum atomic E-state index is 9.28. The molecule has 0 heterocycles. The van der Waals surface area contributed by atoms with Crippen LogP contribution in [0.25, 0.3) is 0 Å². The Kier molecular flexibility index (Phi) is 4.44. The van der Waals surface area contributed by atoms with Crippen molar-refractivity contribution >= 4 is 18.3 Å². The van der Waals surface area contributed by atoms with E-state index in [1.54, 1.807) is 19.2 Å². The van der Waals surface area contributed by atoms with Crippen molar-refractivity contribution in [2.75, 3.05) is 12.4 Å². The average molecular weight is 257 g/mol. The highest BCUT2D eigenvalue weighted by atomic mass is 16.5. The molecule has 2 rings (SSSR count). The van der Waals surface area contributed by atoms with Crippen molar-refractivity contribution in [3.8, 4) is 5.75 Å². The van der Waals surface area contributed by atoms with Crippen molar-refractivity contribution in [1.29, 1.82) is 0 Å². The van der Waals surface area contributed by atoms with Crippen LogP contribution in [0, 0.1) is 0 Å². The summed E-state index contributed by atoms with van der Waals surface area (Å²) in [4.78, 5) is 0. The van der Waals surface area contributed by atoms with E-state index in [0.29, 0.717) is 12.0 Å². The van der Waals surface area contributed by atoms with Crippen LogP contribution in [0.15, 0.2) is 48.5 Å². The van der Waals surface area contributed by atoms with Crippen LogP contribution < -0.4 is 15.5 Å². The highest BCUT2D eigenvalue weighted by Crippen LogP contribution is 2.15. The maximum absolute atomic E-state index is 9.28. The summed E-state index contributed by atoms with van der Waals surface area (Å²) >= 11 is 0. The van der Waals surface area contributed by atoms with E-state index in [1.165, 1.54) is 0 Å². The van der Waals surface area contributed by atoms with Gasteiger partial charge in [-0.1, -0.05) is 24.3 Å². The number of ether oxygens (including phenoxy) is 1. The Morgan fingerprint density at radius 1 is 1.05 bits per heavy atom. The van der Waals surface area contributed by atoms with E-state index >= 15 is 0 Å². The van der Waals surface area contributed by atoms with Crippen molar-refractivity contribution in [3.63, 3.8) is 0 Å². The van der Waals surface area contributed by atoms with Gasteiger partial charge >= 0.3 is 7.12 Å². The van der Waals surface area contributed by atoms with Gasteiger partial charge in [0.1, 0.15) is 5.75 Å². The standard InChI is InChI=1S/C14H16BNO3/c1-19-13-8-6-12(7-9-13)16-10-11-4-2-3-5-14(11)15(17)18/h2-9,16-18H,10H2,1H3. The van der Waals surface area contributed by atoms with Gasteiger partial charge in [0.2, 0.25) is 0 Å². The highest BCUT2D eigenvalue weighted by molar-refractivity contribution is 6.59. The molecular weight excluding hydrogens is 241 g/mol. The van der Waals surface area contributed by atoms with Crippen molar-refractivity contribution in [2.45, 2.75) is 6.54 Å². The molecule has 0 spiro atoms. The second-order valence-corrected chi connectivity index (χ2v) is 4.15. The fourth-order valence-electron chi connectivity index (χ4n) is 1.85. The lowest BCUT2D eigenvalue weighted by Gasteiger charge is -2.11. The second kappa shape index (κ2) is 6.27. The number of methoxy groups -OCH3 is 1. The first-order valence-corrected chi connectivity index (χ1v) is 6.02. The zero-order valence-electron chi connectivity index (χ0n) is 10.7. The molecule has 0 saturated heterocycles. The fraction of sp³-hybridized carbons (Fsp3) is 0.143. The van der Waals surface area contributed by atoms with Crippen molar-refractivity contribution < 1.29 is 14.8 Å². The predicted molar refractivity (Wildman–Crippen MR) is 76.6 cm³/mol. The first-order valence-electron chi connectivity index (χ1n) is 6.02. The highest BCUT2D eigenvalue weighted by Gasteiger charge is 2.14. The minimum absolute atomic E-state index is 0.517. The Hall–Kier alpha value is -1.98. The number of hydrogen-bond donors (Lipinski definition) is 3. The molecule has 19 heavy (non-hydrogen) atoms. The van der Waals surface area contributed by atoms with E-state index in [-0.39, 0.29) is 0 Å². The van der Waals surface area contributed by atoms with Crippen molar-refractivity contribution in [2.24, 2.45) is 0 Å². The summed E-state index contributed by atoms with van der Waals surface area (Å²) in [6, 6.07) is 14.8. The van der Waals surface area contributed by atoms with Crippen LogP contribution >= 0.6 is 0 Å². The van der Waals surface area contributed by atoms with Gasteiger partial charge in [0, 0.05) is 12.2 Å². The van der Waals surface area contributed by atoms with Crippen LogP contribution in [0.3, 0.4) is 0 Å². The molecule has 0 aliphatic heterocycles. The third-order valence-electron chi connectivity index (χ3n) is 2.91. The van der Waals surface area contributed by atoms with E-state index in [4.69, 9.17) is 4.74 Å². The lowest BCUT2D eigenvalue weighted by atomic mass is 9.77. The van der Waals surface area contributed by atoms with Crippen LogP contribution in [0.1, 0.15) is 5.56 Å². The quantitative estimate of drug-likeness (QED) is 0.699. The summed E-state index contributed by atoms with van der Waals surface area (Å²) in [6.45, 7) is 0.528. The molecule has 0 radical (unpaired) electrons. The molecule has 0 aromatic heterocycles. The van der Waals surface area contributed by atoms with E-state index in [2.05, 4.69) is 5.32 Å². The van der Waals surface area contributed by atoms with E-state index in [9.17, 15) is 10.0 Å². The smallest absolute Gasteiger partial charge is 0.488 e. The number of benzene rings is 2. The van der Waals surface area contributed by atoms with Crippen LogP contribution in [0.4, 0.5) is 5.69 Å². The zero-order chi connectivity index (χ0) is 13.7. The summed E-state index contributed by atoms with van der Waals surface area (Å²) in [6.07, 6.45) is 0. The third kappa shape index (κ3) is 3.50. The molecule has 2 aromatic rings. The van der Waals surface area contributed by atoms with Gasteiger partial charge in [0.05, 0.1) is 7.11 Å². The van der Waals surface area contributed by atoms with Gasteiger partial charge in [-0.2, -0.15) is 0 Å². The van der Waals surface area contributed by atoms with Crippen LogP contribution in [-0.2, 0) is 6.54 Å². The van der Waals surface area contributed by atoms with Gasteiger partial charge in [-0.25, -0.2) is 0 Å². The first-order chi connectivity index (χ1) is 9.20. The van der Waals surface area contributed by atoms with Crippen LogP contribution in [-0.4, -0.2) is 24.3 Å². The minimum Gasteiger partial charge on any atom is -0.497 e. The largest absolute Gasteiger partial charge is 0.497 e. The molecule has 4 nitrogen and oxygen atoms in total. The third-order valence-corrected chi connectivity index (χ3v) is 2.91. The molecule has 0 unspecified atom stereocenters. The number of anilines is 1. The van der Waals surface area contributed by atoms with Crippen molar-refractivity contribution in [3.05, 3.63) is 54.1 Å². The second-order valence-electron chi connectivity index (χ2n) is 4.15. The minimum atomic E-state index is -1.45. The summed E-state index contributed by atoms with van der Waals surface area (Å²) < 4.78 is 5.09. The van der Waals surface area contributed by atoms with Gasteiger partial charge in [-0.15, -0.1) is 0 Å². The van der Waals surface area contributed by atoms with Gasteiger partial charge in [-0.3, -0.25) is 0 Å². The number of nitrogens with one attached hydrogen (secondary N) is 1. The Morgan fingerprint density at radius 2 is 1.74 bits per heavy atom. The fourth-order valence-corrected chi connectivity index (χ4v) is 1.85. The van der Waals surface area contributed by atoms with Crippen LogP contribution in [0.2, 0.25) is 0 Å². The molecule has 0 aliphatic carbocycles. The summed E-state index contributed by atoms with van der Waals surface area (Å²) in [5.74, 6) is 0.803. The molecule has 0 saturated carbocycles. The van der Waals surface area contributed by atoms with E-state index in [0.717, 1.165) is 17.0 Å². The van der Waals surface area contributed by atoms with E-state index < -0.39 is 7.12 Å². The van der Waals surface area contributed by atoms with Gasteiger partial charge in [0.15, 0.2) is 0 Å². The molecule has 98 valence electrons. The zero-order valence-corrected chi connectivity index (χ0v) is 10.7. The summed E-state index contributed by atoms with van der Waals surface area (Å²) in [7, 11) is 0.176. The summed E-state index contributed by atoms with van der Waals surface area (Å²) in [5, 5.41) is 21.8. The Balaban J connectivity index is 2.05. The SMILES string of the molecule is COc1ccc(NCc2ccccc2B(O)O)cc1. The van der Waals surface area contributed by atoms with Gasteiger partial charge in [-0.05, 0) is 35.3 Å². The monoisotopic (exact) mass is 257 g/mol. The molecular formula is C14H16BNO3. The molecule has 3 N–H and O–H groups in total. The molecule has 0 aliphatic rings. The number of rotatable bonds is 5. The molecule has 0 fully saturated rings. The predicted octanol–water partition coefficient (Wildman–Crippen LogP) is 0.987. The maximum Gasteiger partial charge on any atom is 0.488 e. The molecule has 5 heteroatoms. The lowest BCUT2D eigenvalue weighted by Crippen LogP contribution is -2.33. The summed E-state index contributed by atoms with van der Waals surface area (Å²) in [5.41, 5.74) is 2.32.